The van der Waals surface area contributed by atoms with Crippen molar-refractivity contribution in [3.8, 4) is 5.75 Å². The third-order valence-corrected chi connectivity index (χ3v) is 2.63. The molecule has 0 aromatic heterocycles. The molecule has 0 aliphatic heterocycles. The molecule has 0 heterocycles. The predicted octanol–water partition coefficient (Wildman–Crippen LogP) is 1.49. The molecule has 2 N–H and O–H groups in total. The molecule has 0 aliphatic carbocycles. The van der Waals surface area contributed by atoms with Gasteiger partial charge in [0.05, 0.1) is 26.0 Å². The Morgan fingerprint density at radius 1 is 1.00 bits per heavy atom. The van der Waals surface area contributed by atoms with Crippen LogP contribution in [0.2, 0.25) is 0 Å². The minimum Gasteiger partial charge on any atom is -0.497 e. The lowest BCUT2D eigenvalue weighted by molar-refractivity contribution is -0.146. The van der Waals surface area contributed by atoms with Gasteiger partial charge in [-0.15, -0.1) is 0 Å². The fourth-order valence-electron chi connectivity index (χ4n) is 1.62. The highest BCUT2D eigenvalue weighted by molar-refractivity contribution is 6.19. The summed E-state index contributed by atoms with van der Waals surface area (Å²) in [6.07, 6.45) is 0. The van der Waals surface area contributed by atoms with Gasteiger partial charge in [0.15, 0.2) is 5.57 Å². The fourth-order valence-corrected chi connectivity index (χ4v) is 1.62. The molecule has 0 atom stereocenters. The van der Waals surface area contributed by atoms with E-state index in [0.717, 1.165) is 0 Å². The fraction of sp³-hybridized carbons (Fsp3) is 0.333. The lowest BCUT2D eigenvalue weighted by Gasteiger charge is -2.11. The van der Waals surface area contributed by atoms with Gasteiger partial charge >= 0.3 is 11.9 Å². The number of esters is 2. The molecule has 114 valence electrons. The first-order chi connectivity index (χ1) is 10.0. The number of methoxy groups -OCH3 is 1. The summed E-state index contributed by atoms with van der Waals surface area (Å²) in [5.41, 5.74) is 6.14. The first-order valence-electron chi connectivity index (χ1n) is 6.53. The number of hydrogen-bond acceptors (Lipinski definition) is 6. The standard InChI is InChI=1S/C15H19NO5/c1-4-20-14(17)12(15(18)21-5-2)13(16)10-6-8-11(19-3)9-7-10/h6-9H,4-5,16H2,1-3H3. The molecule has 0 fully saturated rings. The summed E-state index contributed by atoms with van der Waals surface area (Å²) >= 11 is 0. The molecule has 1 aromatic carbocycles. The van der Waals surface area contributed by atoms with Crippen molar-refractivity contribution >= 4 is 17.6 Å². The van der Waals surface area contributed by atoms with Crippen LogP contribution in [-0.4, -0.2) is 32.3 Å². The third kappa shape index (κ3) is 4.24. The summed E-state index contributed by atoms with van der Waals surface area (Å²) in [5.74, 6) is -0.964. The molecule has 6 heteroatoms. The SMILES string of the molecule is CCOC(=O)C(C(=O)OCC)=C(N)c1ccc(OC)cc1. The van der Waals surface area contributed by atoms with E-state index < -0.39 is 11.9 Å². The van der Waals surface area contributed by atoms with Crippen LogP contribution in [0.5, 0.6) is 5.75 Å². The van der Waals surface area contributed by atoms with Gasteiger partial charge in [-0.2, -0.15) is 0 Å². The number of carbonyl (C=O) groups is 2. The normalized spacial score (nSPS) is 9.67. The highest BCUT2D eigenvalue weighted by atomic mass is 16.6. The molecule has 0 bridgehead atoms. The number of benzene rings is 1. The van der Waals surface area contributed by atoms with E-state index in [1.54, 1.807) is 38.1 Å². The smallest absolute Gasteiger partial charge is 0.347 e. The lowest BCUT2D eigenvalue weighted by Crippen LogP contribution is -2.22. The Labute approximate surface area is 123 Å². The molecule has 0 radical (unpaired) electrons. The van der Waals surface area contributed by atoms with Gasteiger partial charge in [0.1, 0.15) is 5.75 Å². The van der Waals surface area contributed by atoms with Gasteiger partial charge in [-0.3, -0.25) is 0 Å². The highest BCUT2D eigenvalue weighted by Crippen LogP contribution is 2.19. The molecule has 21 heavy (non-hydrogen) atoms. The Hall–Kier alpha value is -2.50. The lowest BCUT2D eigenvalue weighted by atomic mass is 10.1. The second-order valence-corrected chi connectivity index (χ2v) is 3.96. The van der Waals surface area contributed by atoms with Crippen molar-refractivity contribution in [2.24, 2.45) is 5.73 Å². The van der Waals surface area contributed by atoms with E-state index in [-0.39, 0.29) is 24.5 Å². The molecule has 0 saturated heterocycles. The Morgan fingerprint density at radius 3 is 1.86 bits per heavy atom. The van der Waals surface area contributed by atoms with Gasteiger partial charge in [0.2, 0.25) is 0 Å². The van der Waals surface area contributed by atoms with Crippen molar-refractivity contribution in [3.63, 3.8) is 0 Å². The van der Waals surface area contributed by atoms with Crippen LogP contribution in [0.25, 0.3) is 5.70 Å². The zero-order valence-corrected chi connectivity index (χ0v) is 12.3. The molecule has 6 nitrogen and oxygen atoms in total. The van der Waals surface area contributed by atoms with Gasteiger partial charge in [0, 0.05) is 0 Å². The monoisotopic (exact) mass is 293 g/mol. The van der Waals surface area contributed by atoms with Crippen molar-refractivity contribution in [2.75, 3.05) is 20.3 Å². The molecule has 0 saturated carbocycles. The third-order valence-electron chi connectivity index (χ3n) is 2.63. The topological polar surface area (TPSA) is 87.9 Å². The maximum Gasteiger partial charge on any atom is 0.347 e. The zero-order valence-electron chi connectivity index (χ0n) is 12.3. The van der Waals surface area contributed by atoms with Crippen LogP contribution < -0.4 is 10.5 Å². The van der Waals surface area contributed by atoms with Crippen LogP contribution in [-0.2, 0) is 19.1 Å². The van der Waals surface area contributed by atoms with Crippen LogP contribution in [0.3, 0.4) is 0 Å². The van der Waals surface area contributed by atoms with Crippen molar-refractivity contribution < 1.29 is 23.8 Å². The zero-order chi connectivity index (χ0) is 15.8. The quantitative estimate of drug-likeness (QED) is 0.370. The van der Waals surface area contributed by atoms with E-state index in [4.69, 9.17) is 19.9 Å². The van der Waals surface area contributed by atoms with E-state index in [9.17, 15) is 9.59 Å². The van der Waals surface area contributed by atoms with Gasteiger partial charge in [-0.25, -0.2) is 9.59 Å². The Kier molecular flexibility index (Phi) is 6.26. The van der Waals surface area contributed by atoms with Gasteiger partial charge in [-0.05, 0) is 43.7 Å². The van der Waals surface area contributed by atoms with Crippen molar-refractivity contribution in [2.45, 2.75) is 13.8 Å². The van der Waals surface area contributed by atoms with E-state index in [0.29, 0.717) is 11.3 Å². The van der Waals surface area contributed by atoms with Gasteiger partial charge in [0.25, 0.3) is 0 Å². The molecule has 0 amide bonds. The van der Waals surface area contributed by atoms with Gasteiger partial charge in [-0.1, -0.05) is 0 Å². The predicted molar refractivity (Wildman–Crippen MR) is 77.4 cm³/mol. The molecular formula is C15H19NO5. The second-order valence-electron chi connectivity index (χ2n) is 3.96. The van der Waals surface area contributed by atoms with Crippen LogP contribution in [0.4, 0.5) is 0 Å². The highest BCUT2D eigenvalue weighted by Gasteiger charge is 2.25. The summed E-state index contributed by atoms with van der Waals surface area (Å²) < 4.78 is 14.8. The Morgan fingerprint density at radius 2 is 1.48 bits per heavy atom. The first-order valence-corrected chi connectivity index (χ1v) is 6.53. The summed E-state index contributed by atoms with van der Waals surface area (Å²) in [6.45, 7) is 3.56. The van der Waals surface area contributed by atoms with E-state index in [1.165, 1.54) is 7.11 Å². The van der Waals surface area contributed by atoms with Crippen LogP contribution in [0, 0.1) is 0 Å². The molecular weight excluding hydrogens is 274 g/mol. The number of rotatable bonds is 6. The average molecular weight is 293 g/mol. The van der Waals surface area contributed by atoms with Gasteiger partial charge < -0.3 is 19.9 Å². The Bertz CT molecular complexity index is 513. The summed E-state index contributed by atoms with van der Waals surface area (Å²) in [6, 6.07) is 6.64. The summed E-state index contributed by atoms with van der Waals surface area (Å²) in [5, 5.41) is 0. The average Bonchev–Trinajstić information content (AvgIpc) is 2.48. The van der Waals surface area contributed by atoms with Crippen LogP contribution >= 0.6 is 0 Å². The first kappa shape index (κ1) is 16.6. The van der Waals surface area contributed by atoms with Crippen molar-refractivity contribution in [1.82, 2.24) is 0 Å². The minimum absolute atomic E-state index is 0.00885. The summed E-state index contributed by atoms with van der Waals surface area (Å²) in [4.78, 5) is 23.8. The Balaban J connectivity index is 3.23. The van der Waals surface area contributed by atoms with E-state index >= 15 is 0 Å². The number of carbonyl (C=O) groups excluding carboxylic acids is 2. The number of ether oxygens (including phenoxy) is 3. The number of nitrogens with two attached hydrogens (primary N) is 1. The molecule has 1 aromatic rings. The van der Waals surface area contributed by atoms with Crippen molar-refractivity contribution in [3.05, 3.63) is 35.4 Å². The van der Waals surface area contributed by atoms with Crippen LogP contribution in [0.15, 0.2) is 29.8 Å². The van der Waals surface area contributed by atoms with E-state index in [1.807, 2.05) is 0 Å². The molecule has 1 rings (SSSR count). The minimum atomic E-state index is -0.802. The maximum atomic E-state index is 11.9. The van der Waals surface area contributed by atoms with E-state index in [2.05, 4.69) is 0 Å². The molecule has 0 spiro atoms. The summed E-state index contributed by atoms with van der Waals surface area (Å²) in [7, 11) is 1.54. The molecule has 0 unspecified atom stereocenters. The van der Waals surface area contributed by atoms with Crippen molar-refractivity contribution in [1.29, 1.82) is 0 Å². The largest absolute Gasteiger partial charge is 0.497 e. The second kappa shape index (κ2) is 7.94. The molecule has 0 aliphatic rings. The maximum absolute atomic E-state index is 11.9. The van der Waals surface area contributed by atoms with Crippen LogP contribution in [0.1, 0.15) is 19.4 Å². The number of hydrogen-bond donors (Lipinski definition) is 1.